The largest absolute Gasteiger partial charge is 0.393 e. The van der Waals surface area contributed by atoms with Crippen LogP contribution in [0.5, 0.6) is 0 Å². The second-order valence-corrected chi connectivity index (χ2v) is 7.24. The molecule has 0 aromatic carbocycles. The van der Waals surface area contributed by atoms with Crippen molar-refractivity contribution < 1.29 is 5.11 Å². The fourth-order valence-corrected chi connectivity index (χ4v) is 3.38. The SMILES string of the molecule is CC(C)(C)CC(C)(C)C1CCCC(O)C1. The molecule has 0 heterocycles. The van der Waals surface area contributed by atoms with Gasteiger partial charge in [0.2, 0.25) is 0 Å². The zero-order valence-corrected chi connectivity index (χ0v) is 11.1. The molecule has 2 atom stereocenters. The van der Waals surface area contributed by atoms with Crippen LogP contribution in [0.1, 0.15) is 66.7 Å². The van der Waals surface area contributed by atoms with Crippen LogP contribution in [-0.2, 0) is 0 Å². The first kappa shape index (κ1) is 13.0. The van der Waals surface area contributed by atoms with Crippen LogP contribution in [0.2, 0.25) is 0 Å². The van der Waals surface area contributed by atoms with Crippen molar-refractivity contribution in [3.05, 3.63) is 0 Å². The van der Waals surface area contributed by atoms with Crippen molar-refractivity contribution in [2.24, 2.45) is 16.7 Å². The van der Waals surface area contributed by atoms with E-state index < -0.39 is 0 Å². The van der Waals surface area contributed by atoms with Crippen LogP contribution in [0.15, 0.2) is 0 Å². The molecule has 1 saturated carbocycles. The zero-order chi connectivity index (χ0) is 11.7. The predicted molar refractivity (Wildman–Crippen MR) is 65.8 cm³/mol. The molecule has 1 heteroatoms. The van der Waals surface area contributed by atoms with Gasteiger partial charge in [-0.05, 0) is 42.4 Å². The van der Waals surface area contributed by atoms with Gasteiger partial charge in [-0.3, -0.25) is 0 Å². The lowest BCUT2D eigenvalue weighted by atomic mass is 9.64. The lowest BCUT2D eigenvalue weighted by Gasteiger charge is -2.42. The van der Waals surface area contributed by atoms with Crippen molar-refractivity contribution in [1.29, 1.82) is 0 Å². The predicted octanol–water partition coefficient (Wildman–Crippen LogP) is 4.00. The monoisotopic (exact) mass is 212 g/mol. The first-order valence-corrected chi connectivity index (χ1v) is 6.39. The first-order chi connectivity index (χ1) is 6.71. The summed E-state index contributed by atoms with van der Waals surface area (Å²) < 4.78 is 0. The van der Waals surface area contributed by atoms with E-state index in [1.807, 2.05) is 0 Å². The molecule has 1 N–H and O–H groups in total. The van der Waals surface area contributed by atoms with Gasteiger partial charge in [0.15, 0.2) is 0 Å². The lowest BCUT2D eigenvalue weighted by Crippen LogP contribution is -2.34. The van der Waals surface area contributed by atoms with Crippen molar-refractivity contribution in [2.45, 2.75) is 72.8 Å². The van der Waals surface area contributed by atoms with Crippen LogP contribution in [0.3, 0.4) is 0 Å². The smallest absolute Gasteiger partial charge is 0.0543 e. The molecule has 0 bridgehead atoms. The summed E-state index contributed by atoms with van der Waals surface area (Å²) in [7, 11) is 0. The molecule has 0 aromatic rings. The molecule has 90 valence electrons. The van der Waals surface area contributed by atoms with E-state index in [0.29, 0.717) is 16.7 Å². The van der Waals surface area contributed by atoms with Gasteiger partial charge < -0.3 is 5.11 Å². The fraction of sp³-hybridized carbons (Fsp3) is 1.00. The number of rotatable bonds is 2. The van der Waals surface area contributed by atoms with Gasteiger partial charge in [-0.1, -0.05) is 41.0 Å². The molecule has 1 rings (SSSR count). The molecule has 1 fully saturated rings. The molecule has 0 saturated heterocycles. The molecule has 1 nitrogen and oxygen atoms in total. The fourth-order valence-electron chi connectivity index (χ4n) is 3.38. The van der Waals surface area contributed by atoms with Crippen molar-refractivity contribution in [1.82, 2.24) is 0 Å². The van der Waals surface area contributed by atoms with Crippen LogP contribution in [-0.4, -0.2) is 11.2 Å². The standard InChI is InChI=1S/C14H28O/c1-13(2,3)10-14(4,5)11-7-6-8-12(15)9-11/h11-12,15H,6-10H2,1-5H3. The third kappa shape index (κ3) is 4.14. The van der Waals surface area contributed by atoms with E-state index in [2.05, 4.69) is 34.6 Å². The maximum absolute atomic E-state index is 9.74. The first-order valence-electron chi connectivity index (χ1n) is 6.39. The summed E-state index contributed by atoms with van der Waals surface area (Å²) in [6, 6.07) is 0. The third-order valence-corrected chi connectivity index (χ3v) is 3.74. The van der Waals surface area contributed by atoms with Gasteiger partial charge in [-0.15, -0.1) is 0 Å². The van der Waals surface area contributed by atoms with Crippen molar-refractivity contribution >= 4 is 0 Å². The van der Waals surface area contributed by atoms with E-state index in [1.165, 1.54) is 19.3 Å². The third-order valence-electron chi connectivity index (χ3n) is 3.74. The van der Waals surface area contributed by atoms with E-state index in [-0.39, 0.29) is 6.10 Å². The van der Waals surface area contributed by atoms with Crippen LogP contribution in [0.25, 0.3) is 0 Å². The molecule has 0 aliphatic heterocycles. The zero-order valence-electron chi connectivity index (χ0n) is 11.1. The Balaban J connectivity index is 2.59. The minimum absolute atomic E-state index is 0.0389. The van der Waals surface area contributed by atoms with Crippen LogP contribution >= 0.6 is 0 Å². The molecule has 1 aliphatic rings. The molecule has 0 spiro atoms. The summed E-state index contributed by atoms with van der Waals surface area (Å²) in [4.78, 5) is 0. The van der Waals surface area contributed by atoms with E-state index in [0.717, 1.165) is 12.8 Å². The Labute approximate surface area is 95.3 Å². The van der Waals surface area contributed by atoms with Crippen LogP contribution < -0.4 is 0 Å². The topological polar surface area (TPSA) is 20.2 Å². The Morgan fingerprint density at radius 2 is 1.67 bits per heavy atom. The van der Waals surface area contributed by atoms with Gasteiger partial charge in [0, 0.05) is 0 Å². The Bertz CT molecular complexity index is 200. The minimum Gasteiger partial charge on any atom is -0.393 e. The number of hydrogen-bond donors (Lipinski definition) is 1. The average Bonchev–Trinajstić information content (AvgIpc) is 1.99. The summed E-state index contributed by atoms with van der Waals surface area (Å²) in [5, 5.41) is 9.74. The second kappa shape index (κ2) is 4.45. The van der Waals surface area contributed by atoms with Crippen LogP contribution in [0, 0.1) is 16.7 Å². The molecule has 0 radical (unpaired) electrons. The molecule has 15 heavy (non-hydrogen) atoms. The van der Waals surface area contributed by atoms with Crippen molar-refractivity contribution in [2.75, 3.05) is 0 Å². The molecular weight excluding hydrogens is 184 g/mol. The quantitative estimate of drug-likeness (QED) is 0.733. The van der Waals surface area contributed by atoms with Gasteiger partial charge in [-0.25, -0.2) is 0 Å². The molecule has 2 unspecified atom stereocenters. The second-order valence-electron chi connectivity index (χ2n) is 7.24. The summed E-state index contributed by atoms with van der Waals surface area (Å²) in [6.07, 6.45) is 5.75. The van der Waals surface area contributed by atoms with Crippen LogP contribution in [0.4, 0.5) is 0 Å². The van der Waals surface area contributed by atoms with E-state index in [1.54, 1.807) is 0 Å². The maximum atomic E-state index is 9.74. The normalized spacial score (nSPS) is 29.2. The van der Waals surface area contributed by atoms with Crippen molar-refractivity contribution in [3.8, 4) is 0 Å². The molecule has 0 amide bonds. The number of hydrogen-bond acceptors (Lipinski definition) is 1. The number of aliphatic hydroxyl groups excluding tert-OH is 1. The van der Waals surface area contributed by atoms with E-state index in [4.69, 9.17) is 0 Å². The Morgan fingerprint density at radius 3 is 2.13 bits per heavy atom. The minimum atomic E-state index is -0.0389. The molecule has 0 aromatic heterocycles. The Hall–Kier alpha value is -0.0400. The maximum Gasteiger partial charge on any atom is 0.0543 e. The highest BCUT2D eigenvalue weighted by Gasteiger charge is 2.35. The molecular formula is C14H28O. The van der Waals surface area contributed by atoms with Gasteiger partial charge >= 0.3 is 0 Å². The van der Waals surface area contributed by atoms with Gasteiger partial charge in [0.25, 0.3) is 0 Å². The lowest BCUT2D eigenvalue weighted by molar-refractivity contribution is 0.0318. The highest BCUT2D eigenvalue weighted by Crippen LogP contribution is 2.45. The average molecular weight is 212 g/mol. The number of aliphatic hydroxyl groups is 1. The van der Waals surface area contributed by atoms with Gasteiger partial charge in [-0.2, -0.15) is 0 Å². The summed E-state index contributed by atoms with van der Waals surface area (Å²) in [5.74, 6) is 0.709. The van der Waals surface area contributed by atoms with E-state index >= 15 is 0 Å². The van der Waals surface area contributed by atoms with E-state index in [9.17, 15) is 5.11 Å². The summed E-state index contributed by atoms with van der Waals surface area (Å²) in [6.45, 7) is 11.7. The van der Waals surface area contributed by atoms with Crippen molar-refractivity contribution in [3.63, 3.8) is 0 Å². The Morgan fingerprint density at radius 1 is 1.07 bits per heavy atom. The highest BCUT2D eigenvalue weighted by molar-refractivity contribution is 4.86. The Kier molecular flexibility index (Phi) is 3.86. The summed E-state index contributed by atoms with van der Waals surface area (Å²) in [5.41, 5.74) is 0.769. The molecule has 1 aliphatic carbocycles. The summed E-state index contributed by atoms with van der Waals surface area (Å²) >= 11 is 0. The highest BCUT2D eigenvalue weighted by atomic mass is 16.3. The van der Waals surface area contributed by atoms with Gasteiger partial charge in [0.1, 0.15) is 0 Å². The van der Waals surface area contributed by atoms with Gasteiger partial charge in [0.05, 0.1) is 6.10 Å².